The molecule has 1 heterocycles. The minimum absolute atomic E-state index is 0.407. The molecule has 0 bridgehead atoms. The molecular weight excluding hydrogens is 412 g/mol. The van der Waals surface area contributed by atoms with E-state index < -0.39 is 0 Å². The number of hydrogen-bond donors (Lipinski definition) is 0. The van der Waals surface area contributed by atoms with Crippen LogP contribution < -0.4 is 14.2 Å². The lowest BCUT2D eigenvalue weighted by Crippen LogP contribution is -2.10. The summed E-state index contributed by atoms with van der Waals surface area (Å²) in [5.74, 6) is 3.35. The molecule has 5 heteroatoms. The number of para-hydroxylation sites is 2. The van der Waals surface area contributed by atoms with Crippen LogP contribution in [0.3, 0.4) is 0 Å². The molecule has 0 aliphatic heterocycles. The smallest absolute Gasteiger partial charge is 0.147 e. The standard InChI is InChI=1S/C28H26N2O3/c1-31-23-10-6-11-24(19-23)32-17-7-16-30-27-13-5-4-12-26(27)29-28(30)20-33-25-15-14-21-8-2-3-9-22(21)18-25/h2-6,8-15,18-19H,7,16-17,20H2,1H3. The Morgan fingerprint density at radius 1 is 0.727 bits per heavy atom. The number of imidazole rings is 1. The average Bonchev–Trinajstić information content (AvgIpc) is 3.22. The SMILES string of the molecule is COc1cccc(OCCCn2c(COc3ccc4ccccc4c3)nc3ccccc32)c1. The van der Waals surface area contributed by atoms with Crippen molar-refractivity contribution in [3.05, 3.63) is 96.8 Å². The van der Waals surface area contributed by atoms with Crippen molar-refractivity contribution in [2.24, 2.45) is 0 Å². The van der Waals surface area contributed by atoms with Crippen LogP contribution in [-0.4, -0.2) is 23.3 Å². The maximum Gasteiger partial charge on any atom is 0.147 e. The summed E-state index contributed by atoms with van der Waals surface area (Å²) in [6.07, 6.45) is 0.848. The van der Waals surface area contributed by atoms with E-state index in [1.165, 1.54) is 5.39 Å². The Bertz CT molecular complexity index is 1380. The molecule has 0 amide bonds. The molecule has 0 spiro atoms. The highest BCUT2D eigenvalue weighted by Crippen LogP contribution is 2.23. The van der Waals surface area contributed by atoms with Gasteiger partial charge in [0.15, 0.2) is 0 Å². The van der Waals surface area contributed by atoms with Gasteiger partial charge in [0.05, 0.1) is 24.8 Å². The molecular formula is C28H26N2O3. The lowest BCUT2D eigenvalue weighted by molar-refractivity contribution is 0.280. The number of rotatable bonds is 9. The minimum Gasteiger partial charge on any atom is -0.497 e. The van der Waals surface area contributed by atoms with E-state index in [0.717, 1.165) is 52.5 Å². The molecule has 5 nitrogen and oxygen atoms in total. The molecule has 0 fully saturated rings. The van der Waals surface area contributed by atoms with Crippen LogP contribution in [0.25, 0.3) is 21.8 Å². The maximum atomic E-state index is 6.14. The molecule has 1 aromatic heterocycles. The quantitative estimate of drug-likeness (QED) is 0.255. The monoisotopic (exact) mass is 438 g/mol. The largest absolute Gasteiger partial charge is 0.497 e. The molecule has 0 saturated carbocycles. The van der Waals surface area contributed by atoms with E-state index >= 15 is 0 Å². The van der Waals surface area contributed by atoms with Crippen molar-refractivity contribution >= 4 is 21.8 Å². The number of aryl methyl sites for hydroxylation is 1. The van der Waals surface area contributed by atoms with Gasteiger partial charge < -0.3 is 18.8 Å². The van der Waals surface area contributed by atoms with Gasteiger partial charge in [-0.15, -0.1) is 0 Å². The van der Waals surface area contributed by atoms with E-state index in [4.69, 9.17) is 19.2 Å². The Morgan fingerprint density at radius 3 is 2.42 bits per heavy atom. The summed E-state index contributed by atoms with van der Waals surface area (Å²) in [6.45, 7) is 1.80. The summed E-state index contributed by atoms with van der Waals surface area (Å²) in [7, 11) is 1.66. The van der Waals surface area contributed by atoms with Crippen molar-refractivity contribution in [3.8, 4) is 17.2 Å². The zero-order chi connectivity index (χ0) is 22.5. The second kappa shape index (κ2) is 9.65. The number of ether oxygens (including phenoxy) is 3. The van der Waals surface area contributed by atoms with Gasteiger partial charge in [-0.1, -0.05) is 48.5 Å². The van der Waals surface area contributed by atoms with Crippen LogP contribution in [0.1, 0.15) is 12.2 Å². The minimum atomic E-state index is 0.407. The summed E-state index contributed by atoms with van der Waals surface area (Å²) < 4.78 is 19.6. The molecule has 166 valence electrons. The highest BCUT2D eigenvalue weighted by Gasteiger charge is 2.11. The third kappa shape index (κ3) is 4.77. The van der Waals surface area contributed by atoms with Crippen LogP contribution in [0.15, 0.2) is 91.0 Å². The summed E-state index contributed by atoms with van der Waals surface area (Å²) in [4.78, 5) is 4.83. The molecule has 0 radical (unpaired) electrons. The topological polar surface area (TPSA) is 45.5 Å². The first kappa shape index (κ1) is 20.9. The Morgan fingerprint density at radius 2 is 1.52 bits per heavy atom. The maximum absolute atomic E-state index is 6.14. The van der Waals surface area contributed by atoms with Gasteiger partial charge in [-0.25, -0.2) is 4.98 Å². The van der Waals surface area contributed by atoms with E-state index in [9.17, 15) is 0 Å². The van der Waals surface area contributed by atoms with Crippen molar-refractivity contribution in [1.82, 2.24) is 9.55 Å². The fourth-order valence-corrected chi connectivity index (χ4v) is 3.99. The van der Waals surface area contributed by atoms with Gasteiger partial charge in [0.25, 0.3) is 0 Å². The van der Waals surface area contributed by atoms with Crippen LogP contribution in [0, 0.1) is 0 Å². The van der Waals surface area contributed by atoms with Crippen molar-refractivity contribution in [2.75, 3.05) is 13.7 Å². The van der Waals surface area contributed by atoms with Gasteiger partial charge in [0.1, 0.15) is 29.7 Å². The van der Waals surface area contributed by atoms with Gasteiger partial charge in [0, 0.05) is 12.6 Å². The van der Waals surface area contributed by atoms with E-state index in [2.05, 4.69) is 34.9 Å². The van der Waals surface area contributed by atoms with Gasteiger partial charge in [-0.05, 0) is 53.6 Å². The molecule has 0 unspecified atom stereocenters. The highest BCUT2D eigenvalue weighted by molar-refractivity contribution is 5.83. The van der Waals surface area contributed by atoms with Crippen LogP contribution >= 0.6 is 0 Å². The predicted octanol–water partition coefficient (Wildman–Crippen LogP) is 6.25. The van der Waals surface area contributed by atoms with Crippen LogP contribution in [0.4, 0.5) is 0 Å². The molecule has 0 N–H and O–H groups in total. The first-order valence-corrected chi connectivity index (χ1v) is 11.1. The molecule has 33 heavy (non-hydrogen) atoms. The summed E-state index contributed by atoms with van der Waals surface area (Å²) in [5, 5.41) is 2.37. The van der Waals surface area contributed by atoms with Crippen molar-refractivity contribution in [3.63, 3.8) is 0 Å². The number of benzene rings is 4. The van der Waals surface area contributed by atoms with Gasteiger partial charge >= 0.3 is 0 Å². The Balaban J connectivity index is 1.28. The molecule has 0 aliphatic rings. The number of hydrogen-bond acceptors (Lipinski definition) is 4. The molecule has 5 aromatic rings. The number of aromatic nitrogens is 2. The lowest BCUT2D eigenvalue weighted by Gasteiger charge is -2.12. The normalized spacial score (nSPS) is 11.1. The van der Waals surface area contributed by atoms with E-state index in [-0.39, 0.29) is 0 Å². The molecule has 0 aliphatic carbocycles. The number of methoxy groups -OCH3 is 1. The van der Waals surface area contributed by atoms with E-state index in [0.29, 0.717) is 13.2 Å². The number of nitrogens with zero attached hydrogens (tertiary/aromatic N) is 2. The Hall–Kier alpha value is -3.99. The van der Waals surface area contributed by atoms with Crippen LogP contribution in [0.2, 0.25) is 0 Å². The van der Waals surface area contributed by atoms with E-state index in [1.807, 2.05) is 60.7 Å². The van der Waals surface area contributed by atoms with Gasteiger partial charge in [-0.2, -0.15) is 0 Å². The van der Waals surface area contributed by atoms with Crippen molar-refractivity contribution in [2.45, 2.75) is 19.6 Å². The molecule has 0 saturated heterocycles. The number of fused-ring (bicyclic) bond motifs is 2. The third-order valence-electron chi connectivity index (χ3n) is 5.66. The van der Waals surface area contributed by atoms with E-state index in [1.54, 1.807) is 7.11 Å². The zero-order valence-corrected chi connectivity index (χ0v) is 18.6. The third-order valence-corrected chi connectivity index (χ3v) is 5.66. The molecule has 4 aromatic carbocycles. The highest BCUT2D eigenvalue weighted by atomic mass is 16.5. The predicted molar refractivity (Wildman–Crippen MR) is 131 cm³/mol. The van der Waals surface area contributed by atoms with Gasteiger partial charge in [0.2, 0.25) is 0 Å². The first-order chi connectivity index (χ1) is 16.3. The fourth-order valence-electron chi connectivity index (χ4n) is 3.99. The fraction of sp³-hybridized carbons (Fsp3) is 0.179. The zero-order valence-electron chi connectivity index (χ0n) is 18.6. The van der Waals surface area contributed by atoms with Crippen molar-refractivity contribution < 1.29 is 14.2 Å². The Labute approximate surface area is 193 Å². The Kier molecular flexibility index (Phi) is 6.11. The average molecular weight is 439 g/mol. The lowest BCUT2D eigenvalue weighted by atomic mass is 10.1. The van der Waals surface area contributed by atoms with Gasteiger partial charge in [-0.3, -0.25) is 0 Å². The van der Waals surface area contributed by atoms with Crippen LogP contribution in [-0.2, 0) is 13.2 Å². The first-order valence-electron chi connectivity index (χ1n) is 11.1. The second-order valence-electron chi connectivity index (χ2n) is 7.85. The summed E-state index contributed by atoms with van der Waals surface area (Å²) in [6, 6.07) is 30.3. The molecule has 0 atom stereocenters. The second-order valence-corrected chi connectivity index (χ2v) is 7.85. The summed E-state index contributed by atoms with van der Waals surface area (Å²) >= 11 is 0. The summed E-state index contributed by atoms with van der Waals surface area (Å²) in [5.41, 5.74) is 2.08. The van der Waals surface area contributed by atoms with Crippen molar-refractivity contribution in [1.29, 1.82) is 0 Å². The molecule has 5 rings (SSSR count). The van der Waals surface area contributed by atoms with Crippen LogP contribution in [0.5, 0.6) is 17.2 Å².